The van der Waals surface area contributed by atoms with Crippen LogP contribution in [0.15, 0.2) is 5.38 Å². The third kappa shape index (κ3) is 3.62. The van der Waals surface area contributed by atoms with Gasteiger partial charge >= 0.3 is 5.97 Å². The van der Waals surface area contributed by atoms with Gasteiger partial charge in [0, 0.05) is 19.0 Å². The largest absolute Gasteiger partial charge is 0.468 e. The highest BCUT2D eigenvalue weighted by molar-refractivity contribution is 7.09. The third-order valence-corrected chi connectivity index (χ3v) is 5.11. The molecule has 1 aliphatic carbocycles. The van der Waals surface area contributed by atoms with E-state index in [0.29, 0.717) is 13.2 Å². The molecule has 1 aliphatic rings. The summed E-state index contributed by atoms with van der Waals surface area (Å²) in [5.41, 5.74) is 0.501. The normalized spacial score (nSPS) is 17.9. The minimum atomic E-state index is -0.488. The van der Waals surface area contributed by atoms with Crippen LogP contribution >= 0.6 is 11.3 Å². The van der Waals surface area contributed by atoms with Crippen molar-refractivity contribution in [2.75, 3.05) is 21.3 Å². The van der Waals surface area contributed by atoms with Crippen molar-refractivity contribution in [3.63, 3.8) is 0 Å². The monoisotopic (exact) mass is 312 g/mol. The molecular formula is C15H24N2O3S. The SMILES string of the molecule is COCc1nc(CN(C)C2(C(=O)OC)CCCCC2)cs1. The van der Waals surface area contributed by atoms with E-state index in [2.05, 4.69) is 9.88 Å². The van der Waals surface area contributed by atoms with Crippen molar-refractivity contribution >= 4 is 17.3 Å². The molecule has 1 fully saturated rings. The molecule has 5 nitrogen and oxygen atoms in total. The summed E-state index contributed by atoms with van der Waals surface area (Å²) in [6.07, 6.45) is 5.08. The number of aromatic nitrogens is 1. The van der Waals surface area contributed by atoms with E-state index in [9.17, 15) is 4.79 Å². The van der Waals surface area contributed by atoms with E-state index in [4.69, 9.17) is 9.47 Å². The summed E-state index contributed by atoms with van der Waals surface area (Å²) in [4.78, 5) is 19.0. The quantitative estimate of drug-likeness (QED) is 0.756. The maximum Gasteiger partial charge on any atom is 0.326 e. The number of ether oxygens (including phenoxy) is 2. The molecule has 1 heterocycles. The van der Waals surface area contributed by atoms with Crippen LogP contribution in [0.1, 0.15) is 42.8 Å². The number of likely N-dealkylation sites (N-methyl/N-ethyl adjacent to an activating group) is 1. The van der Waals surface area contributed by atoms with Crippen LogP contribution in [-0.4, -0.2) is 42.7 Å². The molecule has 2 rings (SSSR count). The fraction of sp³-hybridized carbons (Fsp3) is 0.733. The molecule has 0 atom stereocenters. The van der Waals surface area contributed by atoms with E-state index < -0.39 is 5.54 Å². The van der Waals surface area contributed by atoms with Crippen molar-refractivity contribution in [1.82, 2.24) is 9.88 Å². The van der Waals surface area contributed by atoms with Crippen LogP contribution in [0.4, 0.5) is 0 Å². The van der Waals surface area contributed by atoms with E-state index in [1.807, 2.05) is 12.4 Å². The third-order valence-electron chi connectivity index (χ3n) is 4.24. The minimum Gasteiger partial charge on any atom is -0.468 e. The highest BCUT2D eigenvalue weighted by Crippen LogP contribution is 2.35. The number of nitrogens with zero attached hydrogens (tertiary/aromatic N) is 2. The molecule has 0 N–H and O–H groups in total. The number of hydrogen-bond donors (Lipinski definition) is 0. The molecule has 0 aliphatic heterocycles. The molecule has 1 saturated carbocycles. The van der Waals surface area contributed by atoms with Crippen LogP contribution < -0.4 is 0 Å². The van der Waals surface area contributed by atoms with Crippen LogP contribution in [0.25, 0.3) is 0 Å². The Labute approximate surface area is 130 Å². The van der Waals surface area contributed by atoms with Gasteiger partial charge in [-0.1, -0.05) is 19.3 Å². The average molecular weight is 312 g/mol. The standard InChI is InChI=1S/C15H24N2O3S/c1-17(9-12-11-21-13(16-12)10-19-2)15(14(18)20-3)7-5-4-6-8-15/h11H,4-10H2,1-3H3. The average Bonchev–Trinajstić information content (AvgIpc) is 2.94. The van der Waals surface area contributed by atoms with Crippen LogP contribution in [-0.2, 0) is 27.4 Å². The van der Waals surface area contributed by atoms with Gasteiger partial charge in [-0.25, -0.2) is 4.98 Å². The van der Waals surface area contributed by atoms with Gasteiger partial charge in [0.25, 0.3) is 0 Å². The Kier molecular flexibility index (Phi) is 5.72. The van der Waals surface area contributed by atoms with E-state index in [1.54, 1.807) is 18.4 Å². The molecule has 0 amide bonds. The predicted octanol–water partition coefficient (Wildman–Crippen LogP) is 2.60. The maximum atomic E-state index is 12.3. The summed E-state index contributed by atoms with van der Waals surface area (Å²) in [7, 11) is 5.14. The van der Waals surface area contributed by atoms with Gasteiger partial charge in [0.2, 0.25) is 0 Å². The van der Waals surface area contributed by atoms with Gasteiger partial charge < -0.3 is 9.47 Å². The summed E-state index contributed by atoms with van der Waals surface area (Å²) < 4.78 is 10.2. The lowest BCUT2D eigenvalue weighted by Gasteiger charge is -2.41. The molecule has 0 bridgehead atoms. The minimum absolute atomic E-state index is 0.114. The first-order valence-corrected chi connectivity index (χ1v) is 8.22. The lowest BCUT2D eigenvalue weighted by Crippen LogP contribution is -2.54. The second kappa shape index (κ2) is 7.33. The van der Waals surface area contributed by atoms with Crippen LogP contribution in [0.2, 0.25) is 0 Å². The first kappa shape index (κ1) is 16.4. The Hall–Kier alpha value is -0.980. The van der Waals surface area contributed by atoms with Crippen molar-refractivity contribution in [3.8, 4) is 0 Å². The second-order valence-corrected chi connectivity index (χ2v) is 6.55. The number of methoxy groups -OCH3 is 2. The first-order valence-electron chi connectivity index (χ1n) is 7.34. The number of rotatable bonds is 6. The topological polar surface area (TPSA) is 51.7 Å². The van der Waals surface area contributed by atoms with Crippen molar-refractivity contribution in [2.45, 2.75) is 50.8 Å². The van der Waals surface area contributed by atoms with Gasteiger partial charge in [-0.2, -0.15) is 0 Å². The summed E-state index contributed by atoms with van der Waals surface area (Å²) in [5, 5.41) is 3.01. The molecule has 0 spiro atoms. The van der Waals surface area contributed by atoms with Gasteiger partial charge in [-0.3, -0.25) is 9.69 Å². The lowest BCUT2D eigenvalue weighted by molar-refractivity contribution is -0.157. The summed E-state index contributed by atoms with van der Waals surface area (Å²) in [6.45, 7) is 1.20. The zero-order chi connectivity index (χ0) is 15.3. The predicted molar refractivity (Wildman–Crippen MR) is 82.1 cm³/mol. The Balaban J connectivity index is 2.10. The van der Waals surface area contributed by atoms with E-state index in [1.165, 1.54) is 13.5 Å². The van der Waals surface area contributed by atoms with Crippen LogP contribution in [0.5, 0.6) is 0 Å². The summed E-state index contributed by atoms with van der Waals surface area (Å²) in [5.74, 6) is -0.114. The molecule has 0 radical (unpaired) electrons. The van der Waals surface area contributed by atoms with Gasteiger partial charge in [0.1, 0.15) is 10.5 Å². The van der Waals surface area contributed by atoms with Gasteiger partial charge in [0.15, 0.2) is 0 Å². The molecule has 0 aromatic carbocycles. The van der Waals surface area contributed by atoms with Crippen molar-refractivity contribution in [2.24, 2.45) is 0 Å². The molecule has 118 valence electrons. The number of esters is 1. The first-order chi connectivity index (χ1) is 10.1. The molecule has 0 saturated heterocycles. The smallest absolute Gasteiger partial charge is 0.326 e. The van der Waals surface area contributed by atoms with E-state index in [-0.39, 0.29) is 5.97 Å². The van der Waals surface area contributed by atoms with Crippen molar-refractivity contribution < 1.29 is 14.3 Å². The van der Waals surface area contributed by atoms with E-state index in [0.717, 1.165) is 36.4 Å². The Bertz CT molecular complexity index is 469. The highest BCUT2D eigenvalue weighted by Gasteiger charge is 2.44. The maximum absolute atomic E-state index is 12.3. The Morgan fingerprint density at radius 2 is 2.10 bits per heavy atom. The lowest BCUT2D eigenvalue weighted by atomic mass is 9.80. The second-order valence-electron chi connectivity index (χ2n) is 5.61. The van der Waals surface area contributed by atoms with Crippen molar-refractivity contribution in [1.29, 1.82) is 0 Å². The van der Waals surface area contributed by atoms with Crippen LogP contribution in [0, 0.1) is 0 Å². The Morgan fingerprint density at radius 3 is 2.71 bits per heavy atom. The zero-order valence-electron chi connectivity index (χ0n) is 13.1. The number of carbonyl (C=O) groups excluding carboxylic acids is 1. The molecule has 0 unspecified atom stereocenters. The molecule has 6 heteroatoms. The fourth-order valence-electron chi connectivity index (χ4n) is 3.07. The van der Waals surface area contributed by atoms with E-state index >= 15 is 0 Å². The summed E-state index contributed by atoms with van der Waals surface area (Å²) >= 11 is 1.60. The van der Waals surface area contributed by atoms with Crippen LogP contribution in [0.3, 0.4) is 0 Å². The molecule has 1 aromatic heterocycles. The highest BCUT2D eigenvalue weighted by atomic mass is 32.1. The fourth-order valence-corrected chi connectivity index (χ4v) is 3.83. The van der Waals surface area contributed by atoms with Gasteiger partial charge in [-0.05, 0) is 19.9 Å². The molecule has 1 aromatic rings. The molecule has 21 heavy (non-hydrogen) atoms. The van der Waals surface area contributed by atoms with Gasteiger partial charge in [0.05, 0.1) is 19.4 Å². The Morgan fingerprint density at radius 1 is 1.38 bits per heavy atom. The summed E-state index contributed by atoms with van der Waals surface area (Å²) in [6, 6.07) is 0. The number of carbonyl (C=O) groups is 1. The molecular weight excluding hydrogens is 288 g/mol. The number of hydrogen-bond acceptors (Lipinski definition) is 6. The zero-order valence-corrected chi connectivity index (χ0v) is 13.9. The van der Waals surface area contributed by atoms with Crippen molar-refractivity contribution in [3.05, 3.63) is 16.1 Å². The number of thiazole rings is 1. The van der Waals surface area contributed by atoms with Gasteiger partial charge in [-0.15, -0.1) is 11.3 Å².